The molecule has 0 saturated heterocycles. The Bertz CT molecular complexity index is 1000. The van der Waals surface area contributed by atoms with Gasteiger partial charge < -0.3 is 19.4 Å². The van der Waals surface area contributed by atoms with Crippen molar-refractivity contribution in [3.05, 3.63) is 53.5 Å². The summed E-state index contributed by atoms with van der Waals surface area (Å²) in [5, 5.41) is 2.88. The number of furan rings is 1. The van der Waals surface area contributed by atoms with Crippen molar-refractivity contribution in [3.63, 3.8) is 0 Å². The van der Waals surface area contributed by atoms with Crippen molar-refractivity contribution in [1.29, 1.82) is 0 Å². The fraction of sp³-hybridized carbons (Fsp3) is 0.476. The predicted octanol–water partition coefficient (Wildman–Crippen LogP) is 2.70. The minimum Gasteiger partial charge on any atom is -0.491 e. The second kappa shape index (κ2) is 8.31. The molecule has 2 aromatic rings. The van der Waals surface area contributed by atoms with Crippen molar-refractivity contribution in [2.24, 2.45) is 0 Å². The van der Waals surface area contributed by atoms with Crippen molar-refractivity contribution < 1.29 is 22.4 Å². The fourth-order valence-electron chi connectivity index (χ4n) is 3.64. The van der Waals surface area contributed by atoms with Gasteiger partial charge in [0.25, 0.3) is 0 Å². The van der Waals surface area contributed by atoms with Crippen LogP contribution in [0.3, 0.4) is 0 Å². The van der Waals surface area contributed by atoms with Gasteiger partial charge in [-0.1, -0.05) is 6.07 Å². The van der Waals surface area contributed by atoms with E-state index in [0.717, 1.165) is 29.7 Å². The lowest BCUT2D eigenvalue weighted by atomic mass is 10.1. The molecular weight excluding hydrogens is 406 g/mol. The molecule has 30 heavy (non-hydrogen) atoms. The molecule has 162 valence electrons. The van der Waals surface area contributed by atoms with E-state index in [2.05, 4.69) is 5.32 Å². The van der Waals surface area contributed by atoms with Gasteiger partial charge in [-0.3, -0.25) is 0 Å². The summed E-state index contributed by atoms with van der Waals surface area (Å²) in [6.07, 6.45) is 4.64. The van der Waals surface area contributed by atoms with Crippen LogP contribution in [0.15, 0.2) is 41.0 Å². The number of carbonyl (C=O) groups excluding carboxylic acids is 1. The summed E-state index contributed by atoms with van der Waals surface area (Å²) in [7, 11) is -3.27. The van der Waals surface area contributed by atoms with Crippen LogP contribution in [0.1, 0.15) is 36.7 Å². The Kier molecular flexibility index (Phi) is 5.75. The van der Waals surface area contributed by atoms with Crippen LogP contribution in [0.5, 0.6) is 5.75 Å². The number of urea groups is 1. The summed E-state index contributed by atoms with van der Waals surface area (Å²) in [4.78, 5) is 14.5. The SMILES string of the molecule is C[C@H]1COc2ccc(CN(C3CC3)S(C)(=O)=O)cc2CN1C(=O)NCc1ccco1. The van der Waals surface area contributed by atoms with Crippen molar-refractivity contribution in [2.45, 2.75) is 51.5 Å². The smallest absolute Gasteiger partial charge is 0.318 e. The van der Waals surface area contributed by atoms with Crippen molar-refractivity contribution >= 4 is 16.1 Å². The largest absolute Gasteiger partial charge is 0.491 e. The number of amides is 2. The number of ether oxygens (including phenoxy) is 1. The average molecular weight is 434 g/mol. The van der Waals surface area contributed by atoms with Crippen LogP contribution in [-0.4, -0.2) is 48.6 Å². The van der Waals surface area contributed by atoms with Crippen LogP contribution in [0.4, 0.5) is 4.79 Å². The number of hydrogen-bond donors (Lipinski definition) is 1. The summed E-state index contributed by atoms with van der Waals surface area (Å²) in [5.41, 5.74) is 1.76. The number of fused-ring (bicyclic) bond motifs is 1. The van der Waals surface area contributed by atoms with Gasteiger partial charge in [-0.05, 0) is 49.6 Å². The van der Waals surface area contributed by atoms with Gasteiger partial charge >= 0.3 is 6.03 Å². The Morgan fingerprint density at radius 1 is 1.30 bits per heavy atom. The van der Waals surface area contributed by atoms with E-state index < -0.39 is 10.0 Å². The van der Waals surface area contributed by atoms with E-state index in [1.165, 1.54) is 6.26 Å². The first-order valence-electron chi connectivity index (χ1n) is 10.1. The van der Waals surface area contributed by atoms with Crippen LogP contribution in [0, 0.1) is 0 Å². The minimum absolute atomic E-state index is 0.0963. The molecule has 4 rings (SSSR count). The van der Waals surface area contributed by atoms with Crippen molar-refractivity contribution in [1.82, 2.24) is 14.5 Å². The number of benzene rings is 1. The van der Waals surface area contributed by atoms with Gasteiger partial charge in [-0.15, -0.1) is 0 Å². The third-order valence-corrected chi connectivity index (χ3v) is 6.73. The quantitative estimate of drug-likeness (QED) is 0.756. The highest BCUT2D eigenvalue weighted by Gasteiger charge is 2.35. The first-order chi connectivity index (χ1) is 14.3. The third kappa shape index (κ3) is 4.79. The van der Waals surface area contributed by atoms with E-state index in [0.29, 0.717) is 32.0 Å². The Morgan fingerprint density at radius 2 is 2.10 bits per heavy atom. The number of sulfonamides is 1. The Hall–Kier alpha value is -2.52. The molecule has 9 heteroatoms. The molecule has 1 saturated carbocycles. The molecule has 1 aliphatic carbocycles. The van der Waals surface area contributed by atoms with Gasteiger partial charge in [-0.25, -0.2) is 13.2 Å². The topological polar surface area (TPSA) is 92.1 Å². The van der Waals surface area contributed by atoms with E-state index in [4.69, 9.17) is 9.15 Å². The summed E-state index contributed by atoms with van der Waals surface area (Å²) < 4.78 is 37.0. The minimum atomic E-state index is -3.27. The van der Waals surface area contributed by atoms with Crippen LogP contribution >= 0.6 is 0 Å². The molecule has 2 aliphatic rings. The highest BCUT2D eigenvalue weighted by atomic mass is 32.2. The molecule has 0 unspecified atom stereocenters. The molecule has 1 aromatic carbocycles. The van der Waals surface area contributed by atoms with E-state index in [1.54, 1.807) is 21.5 Å². The van der Waals surface area contributed by atoms with Gasteiger partial charge in [0, 0.05) is 18.2 Å². The standard InChI is InChI=1S/C21H27N3O5S/c1-15-14-29-20-8-5-16(12-24(18-6-7-18)30(2,26)27)10-17(20)13-23(15)21(25)22-11-19-4-3-9-28-19/h3-5,8-10,15,18H,6-7,11-14H2,1-2H3,(H,22,25)/t15-/m0/s1. The predicted molar refractivity (Wildman–Crippen MR) is 111 cm³/mol. The Labute approximate surface area is 176 Å². The first kappa shape index (κ1) is 20.7. The maximum atomic E-state index is 12.8. The summed E-state index contributed by atoms with van der Waals surface area (Å²) in [6, 6.07) is 9.09. The molecule has 2 amide bonds. The zero-order chi connectivity index (χ0) is 21.3. The van der Waals surface area contributed by atoms with Gasteiger partial charge in [-0.2, -0.15) is 4.31 Å². The Balaban J connectivity index is 1.49. The number of rotatable bonds is 6. The van der Waals surface area contributed by atoms with Gasteiger partial charge in [0.2, 0.25) is 10.0 Å². The molecule has 0 spiro atoms. The number of hydrogen-bond acceptors (Lipinski definition) is 5. The molecule has 1 fully saturated rings. The lowest BCUT2D eigenvalue weighted by Gasteiger charge is -2.26. The normalized spacial score (nSPS) is 19.2. The molecule has 1 aromatic heterocycles. The van der Waals surface area contributed by atoms with Crippen LogP contribution in [-0.2, 0) is 29.7 Å². The third-order valence-electron chi connectivity index (χ3n) is 5.45. The lowest BCUT2D eigenvalue weighted by molar-refractivity contribution is 0.156. The van der Waals surface area contributed by atoms with E-state index in [9.17, 15) is 13.2 Å². The summed E-state index contributed by atoms with van der Waals surface area (Å²) >= 11 is 0. The molecule has 8 nitrogen and oxygen atoms in total. The second-order valence-electron chi connectivity index (χ2n) is 8.01. The Morgan fingerprint density at radius 3 is 2.77 bits per heavy atom. The number of nitrogens with one attached hydrogen (secondary N) is 1. The second-order valence-corrected chi connectivity index (χ2v) is 9.94. The molecule has 0 bridgehead atoms. The first-order valence-corrected chi connectivity index (χ1v) is 11.9. The monoisotopic (exact) mass is 433 g/mol. The molecule has 0 radical (unpaired) electrons. The summed E-state index contributed by atoms with van der Waals surface area (Å²) in [5.74, 6) is 1.41. The molecular formula is C21H27N3O5S. The van der Waals surface area contributed by atoms with Gasteiger partial charge in [0.1, 0.15) is 18.1 Å². The molecule has 2 heterocycles. The van der Waals surface area contributed by atoms with Gasteiger partial charge in [0.15, 0.2) is 0 Å². The van der Waals surface area contributed by atoms with Crippen LogP contribution in [0.25, 0.3) is 0 Å². The lowest BCUT2D eigenvalue weighted by Crippen LogP contribution is -2.45. The zero-order valence-electron chi connectivity index (χ0n) is 17.2. The van der Waals surface area contributed by atoms with Crippen molar-refractivity contribution in [3.8, 4) is 5.75 Å². The van der Waals surface area contributed by atoms with Gasteiger partial charge in [0.05, 0.1) is 31.7 Å². The molecule has 1 atom stereocenters. The maximum Gasteiger partial charge on any atom is 0.318 e. The van der Waals surface area contributed by atoms with E-state index in [-0.39, 0.29) is 18.1 Å². The van der Waals surface area contributed by atoms with Crippen LogP contribution in [0.2, 0.25) is 0 Å². The highest BCUT2D eigenvalue weighted by Crippen LogP contribution is 2.32. The number of carbonyl (C=O) groups is 1. The number of nitrogens with zero attached hydrogens (tertiary/aromatic N) is 2. The van der Waals surface area contributed by atoms with E-state index in [1.807, 2.05) is 31.2 Å². The maximum absolute atomic E-state index is 12.8. The molecule has 1 aliphatic heterocycles. The fourth-order valence-corrected chi connectivity index (χ4v) is 4.78. The zero-order valence-corrected chi connectivity index (χ0v) is 18.0. The average Bonchev–Trinajstić information content (AvgIpc) is 3.43. The highest BCUT2D eigenvalue weighted by molar-refractivity contribution is 7.88. The van der Waals surface area contributed by atoms with E-state index >= 15 is 0 Å². The van der Waals surface area contributed by atoms with Crippen molar-refractivity contribution in [2.75, 3.05) is 12.9 Å². The molecule has 1 N–H and O–H groups in total. The summed E-state index contributed by atoms with van der Waals surface area (Å²) in [6.45, 7) is 3.36. The van der Waals surface area contributed by atoms with Crippen LogP contribution < -0.4 is 10.1 Å².